The summed E-state index contributed by atoms with van der Waals surface area (Å²) >= 11 is 0. The molecule has 1 fully saturated rings. The highest BCUT2D eigenvalue weighted by Crippen LogP contribution is 2.31. The molecule has 2 heterocycles. The number of carbonyl (C=O) groups excluding carboxylic acids is 1. The number of aliphatic hydroxyl groups is 1. The molecule has 56 heavy (non-hydrogen) atoms. The van der Waals surface area contributed by atoms with Gasteiger partial charge in [-0.2, -0.15) is 0 Å². The molecular formula is C43H51N5O7S. The predicted molar refractivity (Wildman–Crippen MR) is 220 cm³/mol. The van der Waals surface area contributed by atoms with Crippen LogP contribution in [0.15, 0.2) is 114 Å². The van der Waals surface area contributed by atoms with Gasteiger partial charge < -0.3 is 29.8 Å². The molecule has 12 nitrogen and oxygen atoms in total. The summed E-state index contributed by atoms with van der Waals surface area (Å²) in [4.78, 5) is 29.8. The molecule has 5 aromatic rings. The van der Waals surface area contributed by atoms with Crippen LogP contribution in [0.2, 0.25) is 0 Å². The number of para-hydroxylation sites is 1. The maximum absolute atomic E-state index is 12.7. The molecule has 5 N–H and O–H groups in total. The summed E-state index contributed by atoms with van der Waals surface area (Å²) in [7, 11) is -3.42. The number of aromatic amines is 1. The molecule has 1 aliphatic rings. The fourth-order valence-corrected chi connectivity index (χ4v) is 7.95. The monoisotopic (exact) mass is 781 g/mol. The zero-order valence-corrected chi connectivity index (χ0v) is 32.3. The van der Waals surface area contributed by atoms with E-state index in [9.17, 15) is 23.1 Å². The maximum atomic E-state index is 12.7. The van der Waals surface area contributed by atoms with Crippen molar-refractivity contribution in [3.05, 3.63) is 131 Å². The zero-order valence-electron chi connectivity index (χ0n) is 31.5. The van der Waals surface area contributed by atoms with Gasteiger partial charge in [-0.3, -0.25) is 10.1 Å². The van der Waals surface area contributed by atoms with E-state index in [2.05, 4.69) is 25.2 Å². The topological polar surface area (TPSA) is 162 Å². The third kappa shape index (κ3) is 12.0. The standard InChI is InChI=1S/C43H51N5O7S/c49-39(36-18-20-40(42-37(36)19-21-41(50)47-42)54-31-32-12-4-1-5-13-32)30-44-24-10-3-11-25-45-56(52,53)29-28-48-26-22-34(23-27-48)55-43(51)46-38-17-9-8-16-35(38)33-14-6-2-7-15-33/h1-2,4-9,12-21,34,39,44-45,49H,3,10-11,22-31H2,(H,46,51)(H,47,50). The summed E-state index contributed by atoms with van der Waals surface area (Å²) in [6.07, 6.45) is 2.10. The number of amides is 1. The molecule has 6 rings (SSSR count). The SMILES string of the molecule is O=C(Nc1ccccc1-c1ccccc1)OC1CCN(CCS(=O)(=O)NCCCCCNCC(O)c2ccc(OCc3ccccc3)c3[nH]c(=O)ccc23)CC1. The normalized spacial score (nSPS) is 14.4. The molecule has 1 unspecified atom stereocenters. The summed E-state index contributed by atoms with van der Waals surface area (Å²) in [6.45, 7) is 3.43. The van der Waals surface area contributed by atoms with Crippen LogP contribution in [0.4, 0.5) is 10.5 Å². The van der Waals surface area contributed by atoms with E-state index in [1.807, 2.05) is 91.0 Å². The Morgan fingerprint density at radius 1 is 0.857 bits per heavy atom. The van der Waals surface area contributed by atoms with Gasteiger partial charge in [0.2, 0.25) is 15.6 Å². The second kappa shape index (κ2) is 20.2. The number of sulfonamides is 1. The quantitative estimate of drug-likeness (QED) is 0.0615. The van der Waals surface area contributed by atoms with Crippen LogP contribution < -0.4 is 25.7 Å². The van der Waals surface area contributed by atoms with Crippen LogP contribution in [0.5, 0.6) is 5.75 Å². The highest BCUT2D eigenvalue weighted by atomic mass is 32.2. The molecule has 4 aromatic carbocycles. The van der Waals surface area contributed by atoms with Crippen molar-refractivity contribution in [2.75, 3.05) is 50.3 Å². The molecule has 0 saturated carbocycles. The summed E-state index contributed by atoms with van der Waals surface area (Å²) < 4.78 is 39.8. The fourth-order valence-electron chi connectivity index (χ4n) is 6.85. The number of piperidine rings is 1. The first kappa shape index (κ1) is 40.6. The number of rotatable bonds is 19. The van der Waals surface area contributed by atoms with E-state index in [0.717, 1.165) is 34.9 Å². The third-order valence-electron chi connectivity index (χ3n) is 9.91. The van der Waals surface area contributed by atoms with Crippen molar-refractivity contribution in [2.45, 2.75) is 50.9 Å². The molecule has 1 amide bonds. The lowest BCUT2D eigenvalue weighted by atomic mass is 10.0. The summed E-state index contributed by atoms with van der Waals surface area (Å²) in [5.41, 5.74) is 4.59. The Balaban J connectivity index is 0.834. The Hall–Kier alpha value is -5.05. The van der Waals surface area contributed by atoms with Crippen LogP contribution in [0.3, 0.4) is 0 Å². The van der Waals surface area contributed by atoms with Gasteiger partial charge in [0.05, 0.1) is 23.1 Å². The van der Waals surface area contributed by atoms with Crippen LogP contribution >= 0.6 is 0 Å². The van der Waals surface area contributed by atoms with Crippen molar-refractivity contribution >= 4 is 32.7 Å². The van der Waals surface area contributed by atoms with E-state index < -0.39 is 22.2 Å². The minimum absolute atomic E-state index is 0.0113. The average Bonchev–Trinajstić information content (AvgIpc) is 3.21. The number of hydrogen-bond donors (Lipinski definition) is 5. The number of pyridine rings is 1. The van der Waals surface area contributed by atoms with Gasteiger partial charge in [0.15, 0.2) is 0 Å². The van der Waals surface area contributed by atoms with Crippen molar-refractivity contribution in [3.63, 3.8) is 0 Å². The number of nitrogens with one attached hydrogen (secondary N) is 4. The van der Waals surface area contributed by atoms with Crippen LogP contribution in [-0.4, -0.2) is 80.6 Å². The van der Waals surface area contributed by atoms with E-state index in [1.54, 1.807) is 12.1 Å². The summed E-state index contributed by atoms with van der Waals surface area (Å²) in [5.74, 6) is 0.550. The predicted octanol–water partition coefficient (Wildman–Crippen LogP) is 6.20. The van der Waals surface area contributed by atoms with Gasteiger partial charge >= 0.3 is 6.09 Å². The van der Waals surface area contributed by atoms with Gasteiger partial charge in [-0.05, 0) is 67.1 Å². The van der Waals surface area contributed by atoms with E-state index in [-0.39, 0.29) is 17.4 Å². The molecule has 0 aliphatic carbocycles. The van der Waals surface area contributed by atoms with E-state index in [4.69, 9.17) is 9.47 Å². The van der Waals surface area contributed by atoms with E-state index in [0.29, 0.717) is 87.7 Å². The number of unbranched alkanes of at least 4 members (excludes halogenated alkanes) is 2. The molecule has 1 aromatic heterocycles. The number of carbonyl (C=O) groups is 1. The number of likely N-dealkylation sites (tertiary alicyclic amines) is 1. The van der Waals surface area contributed by atoms with Crippen molar-refractivity contribution in [3.8, 4) is 16.9 Å². The van der Waals surface area contributed by atoms with Gasteiger partial charge in [-0.25, -0.2) is 17.9 Å². The lowest BCUT2D eigenvalue weighted by Crippen LogP contribution is -2.42. The average molecular weight is 782 g/mol. The van der Waals surface area contributed by atoms with Gasteiger partial charge in [0.25, 0.3) is 0 Å². The Kier molecular flexibility index (Phi) is 14.7. The van der Waals surface area contributed by atoms with Crippen molar-refractivity contribution < 1.29 is 27.8 Å². The highest BCUT2D eigenvalue weighted by molar-refractivity contribution is 7.89. The number of hydrogen-bond acceptors (Lipinski definition) is 9. The van der Waals surface area contributed by atoms with Crippen LogP contribution in [0, 0.1) is 0 Å². The maximum Gasteiger partial charge on any atom is 0.411 e. The zero-order chi connectivity index (χ0) is 39.2. The van der Waals surface area contributed by atoms with E-state index in [1.165, 1.54) is 6.07 Å². The molecule has 0 radical (unpaired) electrons. The number of aliphatic hydroxyl groups excluding tert-OH is 1. The molecule has 296 valence electrons. The fraction of sp³-hybridized carbons (Fsp3) is 0.349. The lowest BCUT2D eigenvalue weighted by molar-refractivity contribution is 0.0608. The third-order valence-corrected chi connectivity index (χ3v) is 11.3. The first-order valence-electron chi connectivity index (χ1n) is 19.3. The lowest BCUT2D eigenvalue weighted by Gasteiger charge is -2.31. The first-order valence-corrected chi connectivity index (χ1v) is 20.9. The van der Waals surface area contributed by atoms with Crippen molar-refractivity contribution in [2.24, 2.45) is 0 Å². The number of anilines is 1. The summed E-state index contributed by atoms with van der Waals surface area (Å²) in [6, 6.07) is 34.0. The Morgan fingerprint density at radius 2 is 1.57 bits per heavy atom. The first-order chi connectivity index (χ1) is 27.2. The number of ether oxygens (including phenoxy) is 2. The van der Waals surface area contributed by atoms with Crippen molar-refractivity contribution in [1.29, 1.82) is 0 Å². The van der Waals surface area contributed by atoms with Gasteiger partial charge in [-0.1, -0.05) is 91.3 Å². The number of benzene rings is 4. The molecule has 13 heteroatoms. The molecule has 1 saturated heterocycles. The molecule has 0 spiro atoms. The van der Waals surface area contributed by atoms with Crippen LogP contribution in [0.1, 0.15) is 49.3 Å². The molecule has 1 aliphatic heterocycles. The summed E-state index contributed by atoms with van der Waals surface area (Å²) in [5, 5.41) is 17.9. The minimum Gasteiger partial charge on any atom is -0.487 e. The Bertz CT molecular complexity index is 2180. The second-order valence-electron chi connectivity index (χ2n) is 14.0. The van der Waals surface area contributed by atoms with Crippen LogP contribution in [-0.2, 0) is 21.4 Å². The number of aromatic nitrogens is 1. The van der Waals surface area contributed by atoms with Gasteiger partial charge in [0.1, 0.15) is 18.5 Å². The van der Waals surface area contributed by atoms with Crippen molar-refractivity contribution in [1.82, 2.24) is 19.9 Å². The number of H-pyrrole nitrogens is 1. The van der Waals surface area contributed by atoms with E-state index >= 15 is 0 Å². The molecule has 1 atom stereocenters. The van der Waals surface area contributed by atoms with Crippen LogP contribution in [0.25, 0.3) is 22.0 Å². The number of nitrogens with zero attached hydrogens (tertiary/aromatic N) is 1. The second-order valence-corrected chi connectivity index (χ2v) is 15.9. The molecule has 0 bridgehead atoms. The minimum atomic E-state index is -3.42. The molecular weight excluding hydrogens is 731 g/mol. The Labute approximate surface area is 328 Å². The smallest absolute Gasteiger partial charge is 0.411 e. The van der Waals surface area contributed by atoms with Gasteiger partial charge in [0, 0.05) is 49.7 Å². The Morgan fingerprint density at radius 3 is 2.36 bits per heavy atom. The highest BCUT2D eigenvalue weighted by Gasteiger charge is 2.24. The number of fused-ring (bicyclic) bond motifs is 1. The largest absolute Gasteiger partial charge is 0.487 e. The van der Waals surface area contributed by atoms with Gasteiger partial charge in [-0.15, -0.1) is 0 Å².